The van der Waals surface area contributed by atoms with E-state index in [9.17, 15) is 17.6 Å². The third-order valence-corrected chi connectivity index (χ3v) is 5.10. The topological polar surface area (TPSA) is 112 Å². The Morgan fingerprint density at radius 3 is 2.58 bits per heavy atom. The minimum atomic E-state index is -3.18. The van der Waals surface area contributed by atoms with E-state index in [1.165, 1.54) is 16.8 Å². The molecule has 1 fully saturated rings. The summed E-state index contributed by atoms with van der Waals surface area (Å²) in [6.07, 6.45) is 1.74. The lowest BCUT2D eigenvalue weighted by atomic mass is 10.3. The Bertz CT molecular complexity index is 746. The number of nitrogens with one attached hydrogen (secondary N) is 1. The molecule has 26 heavy (non-hydrogen) atoms. The van der Waals surface area contributed by atoms with Gasteiger partial charge in [-0.15, -0.1) is 0 Å². The molecule has 0 aromatic carbocycles. The van der Waals surface area contributed by atoms with Crippen LogP contribution < -0.4 is 15.0 Å². The van der Waals surface area contributed by atoms with E-state index in [-0.39, 0.29) is 18.7 Å². The van der Waals surface area contributed by atoms with Gasteiger partial charge in [0.05, 0.1) is 18.8 Å². The van der Waals surface area contributed by atoms with Crippen molar-refractivity contribution in [3.8, 4) is 5.75 Å². The summed E-state index contributed by atoms with van der Waals surface area (Å²) < 4.78 is 42.5. The minimum absolute atomic E-state index is 0.106. The van der Waals surface area contributed by atoms with E-state index in [1.807, 2.05) is 4.90 Å². The van der Waals surface area contributed by atoms with Gasteiger partial charge in [-0.2, -0.15) is 4.31 Å². The van der Waals surface area contributed by atoms with Crippen LogP contribution in [0, 0.1) is 0 Å². The third-order valence-electron chi connectivity index (χ3n) is 3.80. The molecule has 1 aromatic rings. The highest BCUT2D eigenvalue weighted by Gasteiger charge is 2.23. The maximum atomic E-state index is 12.7. The fourth-order valence-corrected chi connectivity index (χ4v) is 3.21. The molecular weight excluding hydrogens is 367 g/mol. The number of ether oxygens (including phenoxy) is 1. The fraction of sp³-hybridized carbons (Fsp3) is 0.467. The van der Waals surface area contributed by atoms with Gasteiger partial charge in [-0.05, 0) is 12.1 Å². The van der Waals surface area contributed by atoms with Crippen molar-refractivity contribution in [2.45, 2.75) is 0 Å². The highest BCUT2D eigenvalue weighted by Crippen LogP contribution is 2.18. The molecule has 1 aliphatic rings. The van der Waals surface area contributed by atoms with Crippen molar-refractivity contribution in [3.63, 3.8) is 0 Å². The lowest BCUT2D eigenvalue weighted by Gasteiger charge is -2.33. The van der Waals surface area contributed by atoms with Gasteiger partial charge in [0.15, 0.2) is 0 Å². The first-order chi connectivity index (χ1) is 12.3. The molecule has 0 unspecified atom stereocenters. The van der Waals surface area contributed by atoms with Crippen molar-refractivity contribution < 1.29 is 27.4 Å². The molecule has 2 heterocycles. The molecule has 1 saturated heterocycles. The second-order valence-electron chi connectivity index (χ2n) is 5.72. The van der Waals surface area contributed by atoms with E-state index in [0.717, 1.165) is 0 Å². The molecule has 1 amide bonds. The van der Waals surface area contributed by atoms with Gasteiger partial charge in [0.25, 0.3) is 0 Å². The first kappa shape index (κ1) is 19.9. The summed E-state index contributed by atoms with van der Waals surface area (Å²) in [5.41, 5.74) is 0.147. The van der Waals surface area contributed by atoms with E-state index < -0.39 is 16.1 Å². The van der Waals surface area contributed by atoms with Gasteiger partial charge in [0.1, 0.15) is 18.2 Å². The van der Waals surface area contributed by atoms with E-state index in [2.05, 4.69) is 10.3 Å². The number of halogens is 1. The van der Waals surface area contributed by atoms with Crippen LogP contribution in [0.4, 0.5) is 15.0 Å². The third kappa shape index (κ3) is 5.85. The van der Waals surface area contributed by atoms with Crippen LogP contribution in [0.1, 0.15) is 0 Å². The quantitative estimate of drug-likeness (QED) is 0.706. The Kier molecular flexibility index (Phi) is 6.75. The molecule has 0 aliphatic carbocycles. The zero-order valence-corrected chi connectivity index (χ0v) is 15.1. The van der Waals surface area contributed by atoms with Gasteiger partial charge in [-0.1, -0.05) is 0 Å². The average molecular weight is 388 g/mol. The largest absolute Gasteiger partial charge is 0.487 e. The molecule has 0 spiro atoms. The molecule has 0 radical (unpaired) electrons. The van der Waals surface area contributed by atoms with Crippen LogP contribution in [0.2, 0.25) is 0 Å². The molecule has 9 nitrogen and oxygen atoms in total. The number of piperazine rings is 1. The van der Waals surface area contributed by atoms with E-state index in [4.69, 9.17) is 9.84 Å². The van der Waals surface area contributed by atoms with E-state index >= 15 is 0 Å². The number of nitrogens with zero attached hydrogens (tertiary/aromatic N) is 3. The van der Waals surface area contributed by atoms with Crippen molar-refractivity contribution in [1.29, 1.82) is 0 Å². The molecule has 1 aromatic heterocycles. The number of hydrogen-bond acceptors (Lipinski definition) is 6. The molecule has 2 rings (SSSR count). The predicted molar refractivity (Wildman–Crippen MR) is 93.6 cm³/mol. The second kappa shape index (κ2) is 8.81. The summed E-state index contributed by atoms with van der Waals surface area (Å²) in [4.78, 5) is 16.6. The molecule has 11 heteroatoms. The van der Waals surface area contributed by atoms with Crippen molar-refractivity contribution in [3.05, 3.63) is 30.2 Å². The second-order valence-corrected chi connectivity index (χ2v) is 7.70. The molecule has 0 bridgehead atoms. The summed E-state index contributed by atoms with van der Waals surface area (Å²) in [6.45, 7) is 1.61. The summed E-state index contributed by atoms with van der Waals surface area (Å²) in [7, 11) is -3.18. The number of anilines is 1. The highest BCUT2D eigenvalue weighted by molar-refractivity contribution is 7.88. The van der Waals surface area contributed by atoms with Crippen LogP contribution in [0.5, 0.6) is 5.75 Å². The number of amides is 1. The van der Waals surface area contributed by atoms with Gasteiger partial charge in [-0.25, -0.2) is 22.6 Å². The predicted octanol–water partition coefficient (Wildman–Crippen LogP) is 0.663. The van der Waals surface area contributed by atoms with Crippen molar-refractivity contribution >= 4 is 21.9 Å². The smallest absolute Gasteiger partial charge is 0.404 e. The van der Waals surface area contributed by atoms with Gasteiger partial charge >= 0.3 is 6.09 Å². The Balaban J connectivity index is 1.86. The molecule has 0 atom stereocenters. The average Bonchev–Trinajstić information content (AvgIpc) is 2.61. The van der Waals surface area contributed by atoms with Gasteiger partial charge in [-0.3, -0.25) is 0 Å². The maximum Gasteiger partial charge on any atom is 0.404 e. The molecule has 144 valence electrons. The van der Waals surface area contributed by atoms with Crippen LogP contribution in [0.3, 0.4) is 0 Å². The van der Waals surface area contributed by atoms with Crippen LogP contribution in [0.15, 0.2) is 30.2 Å². The number of carboxylic acid groups (broad SMARTS) is 1. The SMILES string of the molecule is CS(=O)(=O)N1CCN(c2ccc(OCC(=CF)CNC(=O)O)cn2)CC1. The fourth-order valence-electron chi connectivity index (χ4n) is 2.38. The van der Waals surface area contributed by atoms with Crippen LogP contribution >= 0.6 is 0 Å². The molecule has 0 saturated carbocycles. The summed E-state index contributed by atoms with van der Waals surface area (Å²) in [5, 5.41) is 10.6. The minimum Gasteiger partial charge on any atom is -0.487 e. The van der Waals surface area contributed by atoms with Crippen LogP contribution in [0.25, 0.3) is 0 Å². The van der Waals surface area contributed by atoms with Gasteiger partial charge in [0, 0.05) is 38.3 Å². The number of pyridine rings is 1. The number of hydrogen-bond donors (Lipinski definition) is 2. The lowest BCUT2D eigenvalue weighted by Crippen LogP contribution is -2.48. The first-order valence-electron chi connectivity index (χ1n) is 7.83. The monoisotopic (exact) mass is 388 g/mol. The Labute approximate surface area is 151 Å². The summed E-state index contributed by atoms with van der Waals surface area (Å²) in [5.74, 6) is 1.11. The van der Waals surface area contributed by atoms with Crippen molar-refractivity contribution in [2.75, 3.05) is 50.5 Å². The van der Waals surface area contributed by atoms with Crippen molar-refractivity contribution in [2.24, 2.45) is 0 Å². The summed E-state index contributed by atoms with van der Waals surface area (Å²) >= 11 is 0. The van der Waals surface area contributed by atoms with E-state index in [0.29, 0.717) is 44.1 Å². The van der Waals surface area contributed by atoms with Gasteiger partial charge < -0.3 is 20.1 Å². The maximum absolute atomic E-state index is 12.7. The van der Waals surface area contributed by atoms with Crippen molar-refractivity contribution in [1.82, 2.24) is 14.6 Å². The van der Waals surface area contributed by atoms with Crippen LogP contribution in [-0.4, -0.2) is 74.5 Å². The van der Waals surface area contributed by atoms with Crippen LogP contribution in [-0.2, 0) is 10.0 Å². The Morgan fingerprint density at radius 1 is 1.38 bits per heavy atom. The number of aromatic nitrogens is 1. The molecule has 1 aliphatic heterocycles. The number of sulfonamides is 1. The zero-order valence-electron chi connectivity index (χ0n) is 14.3. The Morgan fingerprint density at radius 2 is 2.08 bits per heavy atom. The molecule has 2 N–H and O–H groups in total. The highest BCUT2D eigenvalue weighted by atomic mass is 32.2. The van der Waals surface area contributed by atoms with Gasteiger partial charge in [0.2, 0.25) is 10.0 Å². The first-order valence-corrected chi connectivity index (χ1v) is 9.68. The lowest BCUT2D eigenvalue weighted by molar-refractivity contribution is 0.195. The number of rotatable bonds is 7. The normalized spacial score (nSPS) is 16.4. The standard InChI is InChI=1S/C15H21FN4O5S/c1-26(23,24)20-6-4-19(5-7-20)14-3-2-13(10-17-14)25-11-12(8-16)9-18-15(21)22/h2-3,8,10,18H,4-7,9,11H2,1H3,(H,21,22). The molecular formula is C15H21FN4O5S. The number of carbonyl (C=O) groups is 1. The zero-order chi connectivity index (χ0) is 19.2. The van der Waals surface area contributed by atoms with E-state index in [1.54, 1.807) is 12.1 Å². The summed E-state index contributed by atoms with van der Waals surface area (Å²) in [6, 6.07) is 3.41. The Hall–Kier alpha value is -2.40.